The molecule has 0 aliphatic heterocycles. The zero-order chi connectivity index (χ0) is 13.8. The molecule has 0 aromatic carbocycles. The zero-order valence-electron chi connectivity index (χ0n) is 12.2. The van der Waals surface area contributed by atoms with Crippen molar-refractivity contribution in [1.29, 1.82) is 0 Å². The lowest BCUT2D eigenvalue weighted by atomic mass is 9.96. The third-order valence-corrected chi connectivity index (χ3v) is 6.21. The molecule has 0 bridgehead atoms. The van der Waals surface area contributed by atoms with Crippen LogP contribution in [0.2, 0.25) is 4.34 Å². The predicted octanol–water partition coefficient (Wildman–Crippen LogP) is 4.70. The van der Waals surface area contributed by atoms with Crippen molar-refractivity contribution in [2.24, 2.45) is 11.3 Å². The summed E-state index contributed by atoms with van der Waals surface area (Å²) in [7, 11) is 0. The fourth-order valence-electron chi connectivity index (χ4n) is 3.05. The highest BCUT2D eigenvalue weighted by Gasteiger charge is 2.68. The summed E-state index contributed by atoms with van der Waals surface area (Å²) in [5.74, 6) is 0.680. The van der Waals surface area contributed by atoms with Gasteiger partial charge in [-0.2, -0.15) is 0 Å². The highest BCUT2D eigenvalue weighted by Crippen LogP contribution is 2.70. The minimum Gasteiger partial charge on any atom is -0.312 e. The van der Waals surface area contributed by atoms with Crippen molar-refractivity contribution in [2.75, 3.05) is 6.54 Å². The molecule has 1 nitrogen and oxygen atoms in total. The van der Waals surface area contributed by atoms with Gasteiger partial charge in [0.2, 0.25) is 0 Å². The fraction of sp³-hybridized carbons (Fsp3) is 0.733. The molecule has 1 saturated carbocycles. The van der Waals surface area contributed by atoms with Gasteiger partial charge in [0.05, 0.1) is 4.34 Å². The van der Waals surface area contributed by atoms with Crippen LogP contribution in [0.3, 0.4) is 0 Å². The predicted molar refractivity (Wildman–Crippen MR) is 81.7 cm³/mol. The summed E-state index contributed by atoms with van der Waals surface area (Å²) >= 11 is 7.82. The summed E-state index contributed by atoms with van der Waals surface area (Å²) in [6, 6.07) is 4.22. The molecule has 18 heavy (non-hydrogen) atoms. The second-order valence-corrected chi connectivity index (χ2v) is 8.93. The van der Waals surface area contributed by atoms with Gasteiger partial charge >= 0.3 is 0 Å². The molecule has 0 saturated heterocycles. The Balaban J connectivity index is 2.15. The van der Waals surface area contributed by atoms with E-state index in [0.717, 1.165) is 10.9 Å². The number of nitrogens with one attached hydrogen (secondary N) is 1. The Bertz CT molecular complexity index is 444. The molecule has 1 fully saturated rings. The van der Waals surface area contributed by atoms with Crippen LogP contribution in [0.1, 0.15) is 46.4 Å². The maximum absolute atomic E-state index is 6.09. The molecule has 2 rings (SSSR count). The molecular formula is C15H24ClNS. The van der Waals surface area contributed by atoms with Gasteiger partial charge in [-0.3, -0.25) is 0 Å². The van der Waals surface area contributed by atoms with Crippen LogP contribution in [0, 0.1) is 11.3 Å². The zero-order valence-corrected chi connectivity index (χ0v) is 13.8. The van der Waals surface area contributed by atoms with E-state index in [1.165, 1.54) is 4.88 Å². The van der Waals surface area contributed by atoms with Crippen molar-refractivity contribution in [1.82, 2.24) is 5.32 Å². The van der Waals surface area contributed by atoms with Crippen molar-refractivity contribution in [3.05, 3.63) is 21.3 Å². The van der Waals surface area contributed by atoms with Crippen molar-refractivity contribution in [2.45, 2.75) is 52.5 Å². The minimum atomic E-state index is 0.187. The summed E-state index contributed by atoms with van der Waals surface area (Å²) < 4.78 is 0.899. The monoisotopic (exact) mass is 285 g/mol. The quantitative estimate of drug-likeness (QED) is 0.848. The van der Waals surface area contributed by atoms with Crippen LogP contribution in [0.5, 0.6) is 0 Å². The van der Waals surface area contributed by atoms with Gasteiger partial charge in [0.1, 0.15) is 0 Å². The highest BCUT2D eigenvalue weighted by molar-refractivity contribution is 7.16. The molecule has 0 amide bonds. The van der Waals surface area contributed by atoms with Gasteiger partial charge in [-0.25, -0.2) is 0 Å². The molecule has 0 radical (unpaired) electrons. The maximum Gasteiger partial charge on any atom is 0.0931 e. The van der Waals surface area contributed by atoms with E-state index in [1.807, 2.05) is 6.07 Å². The summed E-state index contributed by atoms with van der Waals surface area (Å²) in [5, 5.41) is 3.64. The first kappa shape index (κ1) is 14.4. The lowest BCUT2D eigenvalue weighted by Crippen LogP contribution is -2.38. The fourth-order valence-corrected chi connectivity index (χ4v) is 4.46. The summed E-state index contributed by atoms with van der Waals surface area (Å²) in [5.41, 5.74) is 0.801. The topological polar surface area (TPSA) is 12.0 Å². The van der Waals surface area contributed by atoms with Crippen LogP contribution in [0.4, 0.5) is 0 Å². The molecule has 1 aromatic heterocycles. The molecular weight excluding hydrogens is 262 g/mol. The lowest BCUT2D eigenvalue weighted by molar-refractivity contribution is 0.395. The Morgan fingerprint density at radius 1 is 1.28 bits per heavy atom. The number of hydrogen-bond donors (Lipinski definition) is 1. The van der Waals surface area contributed by atoms with E-state index >= 15 is 0 Å². The number of thiophene rings is 1. The standard InChI is InChI=1S/C15H24ClNS/c1-13(2,3)17-9-10-14(4,5)15(10,6)11-7-8-12(16)18-11/h7-8,10,17H,9H2,1-6H3. The SMILES string of the molecule is CC(C)(C)NCC1C(C)(C)C1(C)c1ccc(Cl)s1. The van der Waals surface area contributed by atoms with E-state index in [1.54, 1.807) is 11.3 Å². The summed E-state index contributed by atoms with van der Waals surface area (Å²) in [4.78, 5) is 1.43. The highest BCUT2D eigenvalue weighted by atomic mass is 35.5. The largest absolute Gasteiger partial charge is 0.312 e. The molecule has 0 spiro atoms. The number of halogens is 1. The number of hydrogen-bond acceptors (Lipinski definition) is 2. The van der Waals surface area contributed by atoms with Gasteiger partial charge in [-0.15, -0.1) is 11.3 Å². The third-order valence-electron chi connectivity index (χ3n) is 4.74. The molecule has 102 valence electrons. The van der Waals surface area contributed by atoms with Crippen LogP contribution in [0.25, 0.3) is 0 Å². The molecule has 1 aromatic rings. The van der Waals surface area contributed by atoms with E-state index in [2.05, 4.69) is 52.9 Å². The smallest absolute Gasteiger partial charge is 0.0931 e. The van der Waals surface area contributed by atoms with Crippen LogP contribution in [-0.4, -0.2) is 12.1 Å². The van der Waals surface area contributed by atoms with Crippen LogP contribution in [-0.2, 0) is 5.41 Å². The van der Waals surface area contributed by atoms with Crippen LogP contribution < -0.4 is 5.32 Å². The van der Waals surface area contributed by atoms with Crippen molar-refractivity contribution in [3.63, 3.8) is 0 Å². The summed E-state index contributed by atoms with van der Waals surface area (Å²) in [6.45, 7) is 14.9. The molecule has 2 unspecified atom stereocenters. The van der Waals surface area contributed by atoms with Gasteiger partial charge in [0, 0.05) is 15.8 Å². The van der Waals surface area contributed by atoms with Crippen molar-refractivity contribution in [3.8, 4) is 0 Å². The average Bonchev–Trinajstić information content (AvgIpc) is 2.56. The van der Waals surface area contributed by atoms with Crippen LogP contribution >= 0.6 is 22.9 Å². The first-order chi connectivity index (χ1) is 8.09. The molecule has 1 heterocycles. The third kappa shape index (κ3) is 2.23. The van der Waals surface area contributed by atoms with Gasteiger partial charge in [0.15, 0.2) is 0 Å². The average molecular weight is 286 g/mol. The van der Waals surface area contributed by atoms with E-state index in [0.29, 0.717) is 11.3 Å². The lowest BCUT2D eigenvalue weighted by Gasteiger charge is -2.21. The Labute approximate surface area is 120 Å². The van der Waals surface area contributed by atoms with E-state index < -0.39 is 0 Å². The normalized spacial score (nSPS) is 30.5. The van der Waals surface area contributed by atoms with Gasteiger partial charge in [-0.1, -0.05) is 32.4 Å². The first-order valence-electron chi connectivity index (χ1n) is 6.60. The van der Waals surface area contributed by atoms with E-state index in [-0.39, 0.29) is 11.0 Å². The second kappa shape index (κ2) is 4.22. The van der Waals surface area contributed by atoms with Gasteiger partial charge in [0.25, 0.3) is 0 Å². The minimum absolute atomic E-state index is 0.187. The van der Waals surface area contributed by atoms with E-state index in [9.17, 15) is 0 Å². The molecule has 2 atom stereocenters. The van der Waals surface area contributed by atoms with Crippen molar-refractivity contribution < 1.29 is 0 Å². The van der Waals surface area contributed by atoms with Crippen LogP contribution in [0.15, 0.2) is 12.1 Å². The second-order valence-electron chi connectivity index (χ2n) is 7.21. The maximum atomic E-state index is 6.09. The van der Waals surface area contributed by atoms with E-state index in [4.69, 9.17) is 11.6 Å². The Kier molecular flexibility index (Phi) is 3.37. The number of rotatable bonds is 3. The molecule has 1 N–H and O–H groups in total. The summed E-state index contributed by atoms with van der Waals surface area (Å²) in [6.07, 6.45) is 0. The molecule has 1 aliphatic carbocycles. The molecule has 3 heteroatoms. The molecule has 1 aliphatic rings. The van der Waals surface area contributed by atoms with Gasteiger partial charge < -0.3 is 5.32 Å². The Morgan fingerprint density at radius 2 is 1.89 bits per heavy atom. The Morgan fingerprint density at radius 3 is 2.33 bits per heavy atom. The Hall–Kier alpha value is -0.0500. The van der Waals surface area contributed by atoms with Crippen molar-refractivity contribution >= 4 is 22.9 Å². The van der Waals surface area contributed by atoms with Gasteiger partial charge in [-0.05, 0) is 50.8 Å². The first-order valence-corrected chi connectivity index (χ1v) is 7.79.